The van der Waals surface area contributed by atoms with Crippen LogP contribution >= 0.6 is 0 Å². The van der Waals surface area contributed by atoms with Gasteiger partial charge >= 0.3 is 0 Å². The Balaban J connectivity index is 1.37. The molecule has 2 unspecified atom stereocenters. The van der Waals surface area contributed by atoms with E-state index in [-0.39, 0.29) is 30.4 Å². The van der Waals surface area contributed by atoms with Gasteiger partial charge < -0.3 is 10.4 Å². The topological polar surface area (TPSA) is 78.4 Å². The zero-order valence-corrected chi connectivity index (χ0v) is 25.9. The monoisotopic (exact) mass is 576 g/mol. The molecule has 2 heterocycles. The molecule has 2 atom stereocenters. The van der Waals surface area contributed by atoms with Crippen molar-refractivity contribution >= 4 is 5.91 Å². The molecule has 1 aliphatic rings. The minimum Gasteiger partial charge on any atom is -0.392 e. The van der Waals surface area contributed by atoms with E-state index in [9.17, 15) is 9.90 Å². The molecule has 4 aromatic rings. The molecule has 224 valence electrons. The zero-order valence-electron chi connectivity index (χ0n) is 25.9. The van der Waals surface area contributed by atoms with Gasteiger partial charge in [0.15, 0.2) is 0 Å². The van der Waals surface area contributed by atoms with Gasteiger partial charge in [0.1, 0.15) is 0 Å². The third-order valence-corrected chi connectivity index (χ3v) is 8.67. The highest BCUT2D eigenvalue weighted by atomic mass is 16.3. The van der Waals surface area contributed by atoms with Crippen LogP contribution in [0.25, 0.3) is 0 Å². The maximum atomic E-state index is 13.2. The SMILES string of the molecule is Cc1cnc(CN(Cc2ccc(CNC(=O)C(c3ccccc3)C(C)C)cc2CO)C2CCCc3cccnc32)c(C)c1. The molecule has 0 spiro atoms. The van der Waals surface area contributed by atoms with Crippen LogP contribution in [0.3, 0.4) is 0 Å². The van der Waals surface area contributed by atoms with Crippen molar-refractivity contribution < 1.29 is 9.90 Å². The number of carbonyl (C=O) groups is 1. The smallest absolute Gasteiger partial charge is 0.228 e. The summed E-state index contributed by atoms with van der Waals surface area (Å²) in [5.41, 5.74) is 9.85. The van der Waals surface area contributed by atoms with E-state index in [2.05, 4.69) is 62.2 Å². The van der Waals surface area contributed by atoms with E-state index >= 15 is 0 Å². The van der Waals surface area contributed by atoms with Crippen LogP contribution in [0.15, 0.2) is 79.1 Å². The molecule has 6 nitrogen and oxygen atoms in total. The average Bonchev–Trinajstić information content (AvgIpc) is 3.01. The van der Waals surface area contributed by atoms with Crippen molar-refractivity contribution in [1.82, 2.24) is 20.2 Å². The second-order valence-corrected chi connectivity index (χ2v) is 12.2. The van der Waals surface area contributed by atoms with Crippen LogP contribution in [0, 0.1) is 19.8 Å². The molecular formula is C37H44N4O2. The minimum atomic E-state index is -0.211. The molecule has 2 aromatic heterocycles. The van der Waals surface area contributed by atoms with Crippen molar-refractivity contribution in [3.8, 4) is 0 Å². The summed E-state index contributed by atoms with van der Waals surface area (Å²) in [4.78, 5) is 25.4. The fourth-order valence-electron chi connectivity index (χ4n) is 6.43. The Hall–Kier alpha value is -3.87. The van der Waals surface area contributed by atoms with Crippen molar-refractivity contribution in [2.75, 3.05) is 0 Å². The highest BCUT2D eigenvalue weighted by molar-refractivity contribution is 5.83. The zero-order chi connectivity index (χ0) is 30.3. The van der Waals surface area contributed by atoms with Crippen LogP contribution in [0.1, 0.15) is 89.0 Å². The van der Waals surface area contributed by atoms with E-state index in [4.69, 9.17) is 9.97 Å². The Morgan fingerprint density at radius 1 is 1.00 bits per heavy atom. The van der Waals surface area contributed by atoms with Crippen molar-refractivity contribution in [3.63, 3.8) is 0 Å². The lowest BCUT2D eigenvalue weighted by atomic mass is 9.87. The molecule has 2 N–H and O–H groups in total. The fraction of sp³-hybridized carbons (Fsp3) is 0.378. The number of nitrogens with one attached hydrogen (secondary N) is 1. The molecular weight excluding hydrogens is 532 g/mol. The van der Waals surface area contributed by atoms with Crippen LogP contribution in [0.2, 0.25) is 0 Å². The van der Waals surface area contributed by atoms with Gasteiger partial charge in [0.2, 0.25) is 5.91 Å². The number of hydrogen-bond acceptors (Lipinski definition) is 5. The summed E-state index contributed by atoms with van der Waals surface area (Å²) in [6, 6.07) is 22.8. The Kier molecular flexibility index (Phi) is 10.0. The summed E-state index contributed by atoms with van der Waals surface area (Å²) < 4.78 is 0. The number of benzene rings is 2. The van der Waals surface area contributed by atoms with Gasteiger partial charge in [0.05, 0.1) is 30.0 Å². The number of hydrogen-bond donors (Lipinski definition) is 2. The largest absolute Gasteiger partial charge is 0.392 e. The number of pyridine rings is 2. The van der Waals surface area contributed by atoms with Crippen LogP contribution in [-0.2, 0) is 37.5 Å². The van der Waals surface area contributed by atoms with Crippen molar-refractivity contribution in [1.29, 1.82) is 0 Å². The summed E-state index contributed by atoms with van der Waals surface area (Å²) in [5, 5.41) is 13.6. The summed E-state index contributed by atoms with van der Waals surface area (Å²) in [7, 11) is 0. The van der Waals surface area contributed by atoms with Gasteiger partial charge in [0, 0.05) is 32.0 Å². The molecule has 0 aliphatic heterocycles. The summed E-state index contributed by atoms with van der Waals surface area (Å²) in [5.74, 6) is -0.0154. The quantitative estimate of drug-likeness (QED) is 0.207. The first-order valence-electron chi connectivity index (χ1n) is 15.5. The maximum Gasteiger partial charge on any atom is 0.228 e. The first-order valence-corrected chi connectivity index (χ1v) is 15.5. The molecule has 1 amide bonds. The molecule has 0 bridgehead atoms. The average molecular weight is 577 g/mol. The molecule has 43 heavy (non-hydrogen) atoms. The van der Waals surface area contributed by atoms with E-state index in [1.165, 1.54) is 11.1 Å². The lowest BCUT2D eigenvalue weighted by Gasteiger charge is -2.35. The normalized spacial score (nSPS) is 15.4. The predicted octanol–water partition coefficient (Wildman–Crippen LogP) is 6.72. The molecule has 0 saturated heterocycles. The van der Waals surface area contributed by atoms with Crippen molar-refractivity contribution in [2.45, 2.75) is 85.2 Å². The van der Waals surface area contributed by atoms with Crippen LogP contribution in [-0.4, -0.2) is 25.9 Å². The Morgan fingerprint density at radius 2 is 1.81 bits per heavy atom. The van der Waals surface area contributed by atoms with Crippen molar-refractivity contribution in [3.05, 3.63) is 129 Å². The van der Waals surface area contributed by atoms with E-state index in [1.807, 2.05) is 54.9 Å². The number of aromatic nitrogens is 2. The summed E-state index contributed by atoms with van der Waals surface area (Å²) in [6.07, 6.45) is 7.05. The maximum absolute atomic E-state index is 13.2. The molecule has 2 aromatic carbocycles. The first kappa shape index (κ1) is 30.6. The first-order chi connectivity index (χ1) is 20.8. The number of aliphatic hydroxyl groups excluding tert-OH is 1. The fourth-order valence-corrected chi connectivity index (χ4v) is 6.43. The number of aryl methyl sites for hydroxylation is 3. The van der Waals surface area contributed by atoms with E-state index in [0.29, 0.717) is 19.6 Å². The minimum absolute atomic E-state index is 0.0198. The second kappa shape index (κ2) is 14.1. The van der Waals surface area contributed by atoms with Gasteiger partial charge in [-0.1, -0.05) is 74.5 Å². The Bertz CT molecular complexity index is 1540. The van der Waals surface area contributed by atoms with Gasteiger partial charge in [0.25, 0.3) is 0 Å². The van der Waals surface area contributed by atoms with E-state index in [1.54, 1.807) is 0 Å². The third-order valence-electron chi connectivity index (χ3n) is 8.67. The van der Waals surface area contributed by atoms with Crippen LogP contribution < -0.4 is 5.32 Å². The number of carbonyl (C=O) groups excluding carboxylic acids is 1. The summed E-state index contributed by atoms with van der Waals surface area (Å²) in [6.45, 7) is 10.1. The van der Waals surface area contributed by atoms with E-state index in [0.717, 1.165) is 58.5 Å². The number of amides is 1. The standard InChI is InChI=1S/C37H44N4O2/c1-25(2)35(29-10-6-5-7-11-29)37(43)40-21-28-15-16-31(32(19-28)24-42)22-41(23-33-27(4)18-26(3)20-39-33)34-14-8-12-30-13-9-17-38-36(30)34/h5-7,9-11,13,15-20,25,34-35,42H,8,12,14,21-24H2,1-4H3,(H,40,43). The van der Waals surface area contributed by atoms with Gasteiger partial charge in [-0.2, -0.15) is 0 Å². The lowest BCUT2D eigenvalue weighted by Crippen LogP contribution is -2.32. The highest BCUT2D eigenvalue weighted by Gasteiger charge is 2.29. The number of fused-ring (bicyclic) bond motifs is 1. The van der Waals surface area contributed by atoms with Crippen LogP contribution in [0.4, 0.5) is 0 Å². The van der Waals surface area contributed by atoms with Gasteiger partial charge in [-0.25, -0.2) is 0 Å². The molecule has 0 fully saturated rings. The lowest BCUT2D eigenvalue weighted by molar-refractivity contribution is -0.123. The Morgan fingerprint density at radius 3 is 2.56 bits per heavy atom. The molecule has 5 rings (SSSR count). The highest BCUT2D eigenvalue weighted by Crippen LogP contribution is 2.35. The second-order valence-electron chi connectivity index (χ2n) is 12.2. The third kappa shape index (κ3) is 7.38. The van der Waals surface area contributed by atoms with Gasteiger partial charge in [-0.3, -0.25) is 19.7 Å². The molecule has 0 saturated carbocycles. The molecule has 6 heteroatoms. The van der Waals surface area contributed by atoms with E-state index < -0.39 is 0 Å². The number of rotatable bonds is 11. The Labute approximate surface area is 256 Å². The molecule has 0 radical (unpaired) electrons. The summed E-state index contributed by atoms with van der Waals surface area (Å²) >= 11 is 0. The number of aliphatic hydroxyl groups is 1. The number of nitrogens with zero attached hydrogens (tertiary/aromatic N) is 3. The van der Waals surface area contributed by atoms with Gasteiger partial charge in [-0.05, 0) is 84.0 Å². The van der Waals surface area contributed by atoms with Crippen molar-refractivity contribution in [2.24, 2.45) is 5.92 Å². The van der Waals surface area contributed by atoms with Gasteiger partial charge in [-0.15, -0.1) is 0 Å². The van der Waals surface area contributed by atoms with Crippen LogP contribution in [0.5, 0.6) is 0 Å². The predicted molar refractivity (Wildman–Crippen MR) is 171 cm³/mol. The molecule has 1 aliphatic carbocycles.